The number of para-hydroxylation sites is 5. The standard InChI is InChI=1S/C42H26N2O/c1-2-13-27(14-3-1)43-38-24-11-8-19-34(38)40-35-21-12-20-33(41(35)45-42(40)43)29-25-26-39(30-16-5-4-15-28(29)30)44-36-22-9-6-17-31(36)32-18-7-10-23-37(32)44/h1-26H. The van der Waals surface area contributed by atoms with E-state index < -0.39 is 0 Å². The molecule has 210 valence electrons. The van der Waals surface area contributed by atoms with E-state index in [1.807, 2.05) is 0 Å². The Morgan fingerprint density at radius 3 is 1.62 bits per heavy atom. The van der Waals surface area contributed by atoms with Crippen LogP contribution in [0, 0.1) is 0 Å². The minimum Gasteiger partial charge on any atom is -0.438 e. The van der Waals surface area contributed by atoms with Gasteiger partial charge in [-0.15, -0.1) is 0 Å². The maximum atomic E-state index is 6.93. The highest BCUT2D eigenvalue weighted by atomic mass is 16.3. The molecule has 0 aliphatic carbocycles. The molecule has 0 N–H and O–H groups in total. The van der Waals surface area contributed by atoms with Crippen LogP contribution in [-0.2, 0) is 0 Å². The fraction of sp³-hybridized carbons (Fsp3) is 0. The minimum absolute atomic E-state index is 0.871. The Hall–Kier alpha value is -6.06. The molecule has 0 fully saturated rings. The van der Waals surface area contributed by atoms with E-state index in [4.69, 9.17) is 4.42 Å². The van der Waals surface area contributed by atoms with Crippen molar-refractivity contribution in [3.8, 4) is 22.5 Å². The molecule has 7 aromatic carbocycles. The monoisotopic (exact) mass is 574 g/mol. The Morgan fingerprint density at radius 2 is 0.911 bits per heavy atom. The van der Waals surface area contributed by atoms with Gasteiger partial charge in [-0.2, -0.15) is 0 Å². The number of aromatic nitrogens is 2. The van der Waals surface area contributed by atoms with Gasteiger partial charge in [0.1, 0.15) is 5.58 Å². The summed E-state index contributed by atoms with van der Waals surface area (Å²) < 4.78 is 11.6. The van der Waals surface area contributed by atoms with Gasteiger partial charge in [-0.25, -0.2) is 0 Å². The normalized spacial score (nSPS) is 12.0. The van der Waals surface area contributed by atoms with E-state index >= 15 is 0 Å². The van der Waals surface area contributed by atoms with Crippen LogP contribution in [0.1, 0.15) is 0 Å². The van der Waals surface area contributed by atoms with Crippen molar-refractivity contribution in [2.45, 2.75) is 0 Å². The van der Waals surface area contributed by atoms with Crippen LogP contribution in [-0.4, -0.2) is 9.13 Å². The fourth-order valence-corrected chi connectivity index (χ4v) is 7.45. The molecule has 0 amide bonds. The van der Waals surface area contributed by atoms with E-state index in [1.54, 1.807) is 0 Å². The van der Waals surface area contributed by atoms with Gasteiger partial charge < -0.3 is 8.98 Å². The predicted octanol–water partition coefficient (Wildman–Crippen LogP) is 11.4. The molecule has 0 aliphatic heterocycles. The minimum atomic E-state index is 0.871. The SMILES string of the molecule is c1ccc(-n2c3ccccc3c3c4cccc(-c5ccc(-n6c7ccccc7c7ccccc76)c6ccccc56)c4oc32)cc1. The zero-order chi connectivity index (χ0) is 29.5. The quantitative estimate of drug-likeness (QED) is 0.206. The van der Waals surface area contributed by atoms with E-state index in [-0.39, 0.29) is 0 Å². The van der Waals surface area contributed by atoms with E-state index in [2.05, 4.69) is 167 Å². The molecule has 0 radical (unpaired) electrons. The van der Waals surface area contributed by atoms with Crippen LogP contribution >= 0.6 is 0 Å². The summed E-state index contributed by atoms with van der Waals surface area (Å²) in [7, 11) is 0. The van der Waals surface area contributed by atoms with Gasteiger partial charge in [0.2, 0.25) is 5.71 Å². The maximum absolute atomic E-state index is 6.93. The second-order valence-electron chi connectivity index (χ2n) is 11.7. The van der Waals surface area contributed by atoms with Crippen molar-refractivity contribution in [1.29, 1.82) is 0 Å². The summed E-state index contributed by atoms with van der Waals surface area (Å²) in [6, 6.07) is 56.3. The molecule has 3 heteroatoms. The molecule has 3 nitrogen and oxygen atoms in total. The molecular weight excluding hydrogens is 548 g/mol. The van der Waals surface area contributed by atoms with Crippen molar-refractivity contribution in [2.24, 2.45) is 0 Å². The highest BCUT2D eigenvalue weighted by Gasteiger charge is 2.22. The summed E-state index contributed by atoms with van der Waals surface area (Å²) in [5.74, 6) is 0. The van der Waals surface area contributed by atoms with Crippen molar-refractivity contribution in [1.82, 2.24) is 9.13 Å². The van der Waals surface area contributed by atoms with Gasteiger partial charge in [0, 0.05) is 38.2 Å². The van der Waals surface area contributed by atoms with Crippen molar-refractivity contribution in [3.05, 3.63) is 158 Å². The third kappa shape index (κ3) is 3.35. The number of furan rings is 1. The summed E-state index contributed by atoms with van der Waals surface area (Å²) in [4.78, 5) is 0. The van der Waals surface area contributed by atoms with Gasteiger partial charge in [0.25, 0.3) is 0 Å². The van der Waals surface area contributed by atoms with Gasteiger partial charge in [-0.3, -0.25) is 4.57 Å². The summed E-state index contributed by atoms with van der Waals surface area (Å²) >= 11 is 0. The Kier molecular flexibility index (Phi) is 5.00. The molecule has 0 saturated heterocycles. The molecule has 0 unspecified atom stereocenters. The second kappa shape index (κ2) is 9.22. The van der Waals surface area contributed by atoms with Crippen LogP contribution in [0.3, 0.4) is 0 Å². The largest absolute Gasteiger partial charge is 0.438 e. The Balaban J connectivity index is 1.27. The third-order valence-corrected chi connectivity index (χ3v) is 9.34. The van der Waals surface area contributed by atoms with E-state index in [0.717, 1.165) is 44.4 Å². The van der Waals surface area contributed by atoms with Crippen molar-refractivity contribution in [2.75, 3.05) is 0 Å². The van der Waals surface area contributed by atoms with Gasteiger partial charge in [0.15, 0.2) is 0 Å². The number of hydrogen-bond acceptors (Lipinski definition) is 1. The molecule has 0 saturated carbocycles. The molecule has 0 aliphatic rings. The van der Waals surface area contributed by atoms with Crippen LogP contribution in [0.15, 0.2) is 162 Å². The second-order valence-corrected chi connectivity index (χ2v) is 11.7. The summed E-state index contributed by atoms with van der Waals surface area (Å²) in [5, 5.41) is 8.40. The van der Waals surface area contributed by atoms with Crippen LogP contribution in [0.2, 0.25) is 0 Å². The van der Waals surface area contributed by atoms with Crippen molar-refractivity contribution >= 4 is 65.6 Å². The Morgan fingerprint density at radius 1 is 0.356 bits per heavy atom. The van der Waals surface area contributed by atoms with Crippen molar-refractivity contribution < 1.29 is 4.42 Å². The third-order valence-electron chi connectivity index (χ3n) is 9.34. The molecule has 0 spiro atoms. The number of hydrogen-bond donors (Lipinski definition) is 0. The van der Waals surface area contributed by atoms with E-state index in [0.29, 0.717) is 0 Å². The topological polar surface area (TPSA) is 23.0 Å². The molecule has 10 aromatic rings. The first-order chi connectivity index (χ1) is 22.4. The lowest BCUT2D eigenvalue weighted by Gasteiger charge is -2.15. The maximum Gasteiger partial charge on any atom is 0.213 e. The lowest BCUT2D eigenvalue weighted by atomic mass is 9.95. The van der Waals surface area contributed by atoms with Gasteiger partial charge >= 0.3 is 0 Å². The molecule has 10 rings (SSSR count). The van der Waals surface area contributed by atoms with E-state index in [9.17, 15) is 0 Å². The fourth-order valence-electron chi connectivity index (χ4n) is 7.45. The Labute approximate surface area is 258 Å². The average molecular weight is 575 g/mol. The van der Waals surface area contributed by atoms with Crippen LogP contribution < -0.4 is 0 Å². The number of benzene rings is 7. The van der Waals surface area contributed by atoms with Crippen molar-refractivity contribution in [3.63, 3.8) is 0 Å². The first kappa shape index (κ1) is 24.4. The number of nitrogens with zero attached hydrogens (tertiary/aromatic N) is 2. The van der Waals surface area contributed by atoms with E-state index in [1.165, 1.54) is 43.7 Å². The van der Waals surface area contributed by atoms with Gasteiger partial charge in [0.05, 0.1) is 27.6 Å². The number of rotatable bonds is 3. The molecule has 3 heterocycles. The lowest BCUT2D eigenvalue weighted by molar-refractivity contribution is 0.646. The van der Waals surface area contributed by atoms with Crippen LogP contribution in [0.4, 0.5) is 0 Å². The first-order valence-electron chi connectivity index (χ1n) is 15.4. The summed E-state index contributed by atoms with van der Waals surface area (Å²) in [6.07, 6.45) is 0. The zero-order valence-corrected chi connectivity index (χ0v) is 24.3. The van der Waals surface area contributed by atoms with Crippen LogP contribution in [0.25, 0.3) is 88.1 Å². The van der Waals surface area contributed by atoms with Gasteiger partial charge in [-0.05, 0) is 47.3 Å². The highest BCUT2D eigenvalue weighted by molar-refractivity contribution is 6.22. The zero-order valence-electron chi connectivity index (χ0n) is 24.3. The van der Waals surface area contributed by atoms with Crippen LogP contribution in [0.5, 0.6) is 0 Å². The summed E-state index contributed by atoms with van der Waals surface area (Å²) in [6.45, 7) is 0. The molecule has 0 bridgehead atoms. The Bertz CT molecular complexity index is 2710. The first-order valence-corrected chi connectivity index (χ1v) is 15.4. The predicted molar refractivity (Wildman–Crippen MR) is 188 cm³/mol. The lowest BCUT2D eigenvalue weighted by Crippen LogP contribution is -1.96. The smallest absolute Gasteiger partial charge is 0.213 e. The number of fused-ring (bicyclic) bond motifs is 9. The molecule has 0 atom stereocenters. The van der Waals surface area contributed by atoms with Gasteiger partial charge in [-0.1, -0.05) is 121 Å². The molecule has 3 aromatic heterocycles. The molecule has 45 heavy (non-hydrogen) atoms. The molecular formula is C42H26N2O. The highest BCUT2D eigenvalue weighted by Crippen LogP contribution is 2.44. The summed E-state index contributed by atoms with van der Waals surface area (Å²) in [5.41, 5.74) is 9.86. The average Bonchev–Trinajstić information content (AvgIpc) is 3.75.